The highest BCUT2D eigenvalue weighted by atomic mass is 79.9. The molecule has 0 aliphatic carbocycles. The molecule has 0 bridgehead atoms. The second-order valence-corrected chi connectivity index (χ2v) is 4.87. The van der Waals surface area contributed by atoms with E-state index in [2.05, 4.69) is 20.9 Å². The molecule has 0 atom stereocenters. The second kappa shape index (κ2) is 7.48. The highest BCUT2D eigenvalue weighted by Crippen LogP contribution is 2.14. The standard InChI is InChI=1S/C13H19BrN2O2/c1-3-11(4-2)16(7-8-17)13(18)10-5-6-12(14)15-9-10/h5-6,9,11,17H,3-4,7-8H2,1-2H3. The molecule has 0 unspecified atom stereocenters. The van der Waals surface area contributed by atoms with Gasteiger partial charge in [-0.15, -0.1) is 0 Å². The molecule has 0 saturated heterocycles. The lowest BCUT2D eigenvalue weighted by molar-refractivity contribution is 0.0622. The summed E-state index contributed by atoms with van der Waals surface area (Å²) in [7, 11) is 0. The van der Waals surface area contributed by atoms with Gasteiger partial charge in [-0.25, -0.2) is 4.98 Å². The molecule has 0 saturated carbocycles. The van der Waals surface area contributed by atoms with Gasteiger partial charge in [-0.05, 0) is 40.9 Å². The maximum absolute atomic E-state index is 12.4. The van der Waals surface area contributed by atoms with Crippen molar-refractivity contribution in [3.63, 3.8) is 0 Å². The van der Waals surface area contributed by atoms with Crippen LogP contribution in [0.5, 0.6) is 0 Å². The fourth-order valence-electron chi connectivity index (χ4n) is 1.96. The number of hydrogen-bond donors (Lipinski definition) is 1. The molecule has 4 nitrogen and oxygen atoms in total. The van der Waals surface area contributed by atoms with E-state index < -0.39 is 0 Å². The van der Waals surface area contributed by atoms with Crippen LogP contribution in [0.25, 0.3) is 0 Å². The average molecular weight is 315 g/mol. The summed E-state index contributed by atoms with van der Waals surface area (Å²) in [6.07, 6.45) is 3.32. The van der Waals surface area contributed by atoms with Crippen molar-refractivity contribution in [2.75, 3.05) is 13.2 Å². The molecule has 1 amide bonds. The molecule has 1 rings (SSSR count). The van der Waals surface area contributed by atoms with Crippen molar-refractivity contribution >= 4 is 21.8 Å². The Hall–Kier alpha value is -0.940. The molecule has 0 fully saturated rings. The van der Waals surface area contributed by atoms with E-state index in [1.165, 1.54) is 0 Å². The van der Waals surface area contributed by atoms with E-state index >= 15 is 0 Å². The SMILES string of the molecule is CCC(CC)N(CCO)C(=O)c1ccc(Br)nc1. The molecule has 0 radical (unpaired) electrons. The maximum Gasteiger partial charge on any atom is 0.255 e. The van der Waals surface area contributed by atoms with Crippen LogP contribution in [-0.2, 0) is 0 Å². The predicted octanol–water partition coefficient (Wildman–Crippen LogP) is 2.47. The molecule has 1 aromatic heterocycles. The van der Waals surface area contributed by atoms with E-state index in [4.69, 9.17) is 5.11 Å². The quantitative estimate of drug-likeness (QED) is 0.821. The van der Waals surface area contributed by atoms with Gasteiger partial charge in [-0.1, -0.05) is 13.8 Å². The zero-order valence-corrected chi connectivity index (χ0v) is 12.4. The first-order chi connectivity index (χ1) is 8.63. The van der Waals surface area contributed by atoms with Gasteiger partial charge in [-0.2, -0.15) is 0 Å². The van der Waals surface area contributed by atoms with Crippen LogP contribution in [0, 0.1) is 0 Å². The number of hydrogen-bond acceptors (Lipinski definition) is 3. The number of halogens is 1. The summed E-state index contributed by atoms with van der Waals surface area (Å²) in [6.45, 7) is 4.44. The Bertz CT molecular complexity index is 377. The van der Waals surface area contributed by atoms with Crippen molar-refractivity contribution in [1.29, 1.82) is 0 Å². The minimum absolute atomic E-state index is 0.0216. The predicted molar refractivity (Wildman–Crippen MR) is 74.4 cm³/mol. The number of carbonyl (C=O) groups is 1. The van der Waals surface area contributed by atoms with Crippen LogP contribution in [0.4, 0.5) is 0 Å². The zero-order chi connectivity index (χ0) is 13.5. The van der Waals surface area contributed by atoms with Gasteiger partial charge in [0.15, 0.2) is 0 Å². The lowest BCUT2D eigenvalue weighted by Gasteiger charge is -2.30. The molecule has 1 aromatic rings. The normalized spacial score (nSPS) is 10.7. The lowest BCUT2D eigenvalue weighted by atomic mass is 10.1. The van der Waals surface area contributed by atoms with Crippen LogP contribution in [0.3, 0.4) is 0 Å². The van der Waals surface area contributed by atoms with Crippen LogP contribution in [0.2, 0.25) is 0 Å². The van der Waals surface area contributed by atoms with Gasteiger partial charge in [-0.3, -0.25) is 4.79 Å². The molecule has 0 aliphatic heterocycles. The molecule has 5 heteroatoms. The van der Waals surface area contributed by atoms with E-state index in [-0.39, 0.29) is 18.6 Å². The Kier molecular flexibility index (Phi) is 6.29. The Balaban J connectivity index is 2.91. The summed E-state index contributed by atoms with van der Waals surface area (Å²) in [5.41, 5.74) is 0.554. The molecule has 0 aliphatic rings. The van der Waals surface area contributed by atoms with Gasteiger partial charge in [0.25, 0.3) is 5.91 Å². The number of nitrogens with zero attached hydrogens (tertiary/aromatic N) is 2. The Morgan fingerprint density at radius 3 is 2.56 bits per heavy atom. The largest absolute Gasteiger partial charge is 0.395 e. The number of aliphatic hydroxyl groups excluding tert-OH is 1. The molecule has 0 aromatic carbocycles. The van der Waals surface area contributed by atoms with E-state index in [9.17, 15) is 4.79 Å². The zero-order valence-electron chi connectivity index (χ0n) is 10.8. The first-order valence-electron chi connectivity index (χ1n) is 6.17. The van der Waals surface area contributed by atoms with Crippen LogP contribution in [0.1, 0.15) is 37.0 Å². The minimum Gasteiger partial charge on any atom is -0.395 e. The van der Waals surface area contributed by atoms with Gasteiger partial charge in [0.1, 0.15) is 4.60 Å². The highest BCUT2D eigenvalue weighted by molar-refractivity contribution is 9.10. The third-order valence-electron chi connectivity index (χ3n) is 2.96. The number of aromatic nitrogens is 1. The number of carbonyl (C=O) groups excluding carboxylic acids is 1. The summed E-state index contributed by atoms with van der Waals surface area (Å²) < 4.78 is 0.704. The summed E-state index contributed by atoms with van der Waals surface area (Å²) in [5.74, 6) is -0.0715. The summed E-state index contributed by atoms with van der Waals surface area (Å²) >= 11 is 3.24. The lowest BCUT2D eigenvalue weighted by Crippen LogP contribution is -2.41. The minimum atomic E-state index is -0.0715. The smallest absolute Gasteiger partial charge is 0.255 e. The molecule has 0 spiro atoms. The number of rotatable bonds is 6. The van der Waals surface area contributed by atoms with Crippen molar-refractivity contribution in [3.8, 4) is 0 Å². The van der Waals surface area contributed by atoms with Crippen molar-refractivity contribution < 1.29 is 9.90 Å². The topological polar surface area (TPSA) is 53.4 Å². The molecular formula is C13H19BrN2O2. The summed E-state index contributed by atoms with van der Waals surface area (Å²) in [6, 6.07) is 3.65. The third-order valence-corrected chi connectivity index (χ3v) is 3.43. The molecule has 1 N–H and O–H groups in total. The molecular weight excluding hydrogens is 296 g/mol. The van der Waals surface area contributed by atoms with Crippen LogP contribution in [0.15, 0.2) is 22.9 Å². The van der Waals surface area contributed by atoms with E-state index in [0.717, 1.165) is 12.8 Å². The number of amides is 1. The van der Waals surface area contributed by atoms with Gasteiger partial charge >= 0.3 is 0 Å². The van der Waals surface area contributed by atoms with E-state index in [1.54, 1.807) is 23.2 Å². The summed E-state index contributed by atoms with van der Waals surface area (Å²) in [4.78, 5) is 18.2. The van der Waals surface area contributed by atoms with Crippen molar-refractivity contribution in [2.24, 2.45) is 0 Å². The fourth-order valence-corrected chi connectivity index (χ4v) is 2.19. The van der Waals surface area contributed by atoms with Crippen molar-refractivity contribution in [3.05, 3.63) is 28.5 Å². The van der Waals surface area contributed by atoms with Gasteiger partial charge in [0.2, 0.25) is 0 Å². The average Bonchev–Trinajstić information content (AvgIpc) is 2.39. The maximum atomic E-state index is 12.4. The van der Waals surface area contributed by atoms with E-state index in [1.807, 2.05) is 13.8 Å². The monoisotopic (exact) mass is 314 g/mol. The van der Waals surface area contributed by atoms with E-state index in [0.29, 0.717) is 16.7 Å². The van der Waals surface area contributed by atoms with Crippen LogP contribution < -0.4 is 0 Å². The Morgan fingerprint density at radius 2 is 2.11 bits per heavy atom. The first kappa shape index (κ1) is 15.1. The van der Waals surface area contributed by atoms with Gasteiger partial charge in [0, 0.05) is 18.8 Å². The van der Waals surface area contributed by atoms with Gasteiger partial charge < -0.3 is 10.0 Å². The number of pyridine rings is 1. The summed E-state index contributed by atoms with van der Waals surface area (Å²) in [5, 5.41) is 9.10. The number of aliphatic hydroxyl groups is 1. The van der Waals surface area contributed by atoms with Crippen molar-refractivity contribution in [1.82, 2.24) is 9.88 Å². The van der Waals surface area contributed by atoms with Gasteiger partial charge in [0.05, 0.1) is 12.2 Å². The Morgan fingerprint density at radius 1 is 1.44 bits per heavy atom. The first-order valence-corrected chi connectivity index (χ1v) is 6.96. The van der Waals surface area contributed by atoms with Crippen LogP contribution >= 0.6 is 15.9 Å². The van der Waals surface area contributed by atoms with Crippen LogP contribution in [-0.4, -0.2) is 40.1 Å². The Labute approximate surface area is 116 Å². The fraction of sp³-hybridized carbons (Fsp3) is 0.538. The highest BCUT2D eigenvalue weighted by Gasteiger charge is 2.21. The molecule has 100 valence electrons. The second-order valence-electron chi connectivity index (χ2n) is 4.06. The molecule has 18 heavy (non-hydrogen) atoms. The third kappa shape index (κ3) is 3.78. The van der Waals surface area contributed by atoms with Crippen molar-refractivity contribution in [2.45, 2.75) is 32.7 Å². The molecule has 1 heterocycles.